The van der Waals surface area contributed by atoms with Crippen molar-refractivity contribution in [2.24, 2.45) is 5.73 Å². The molecule has 2 nitrogen and oxygen atoms in total. The van der Waals surface area contributed by atoms with Gasteiger partial charge in [0.05, 0.1) is 6.61 Å². The summed E-state index contributed by atoms with van der Waals surface area (Å²) in [6.45, 7) is 5.64. The molecule has 0 atom stereocenters. The average molecular weight is 207 g/mol. The molecule has 2 N–H and O–H groups in total. The molecule has 84 valence electrons. The molecular weight excluding hydrogens is 186 g/mol. The van der Waals surface area contributed by atoms with Crippen molar-refractivity contribution in [3.05, 3.63) is 29.3 Å². The summed E-state index contributed by atoms with van der Waals surface area (Å²) in [5.41, 5.74) is 8.17. The first-order chi connectivity index (χ1) is 7.31. The summed E-state index contributed by atoms with van der Waals surface area (Å²) < 4.78 is 5.59. The van der Waals surface area contributed by atoms with Gasteiger partial charge in [0.15, 0.2) is 0 Å². The van der Waals surface area contributed by atoms with Gasteiger partial charge in [0, 0.05) is 0 Å². The van der Waals surface area contributed by atoms with Crippen molar-refractivity contribution < 1.29 is 4.74 Å². The number of nitrogens with two attached hydrogens (primary N) is 1. The van der Waals surface area contributed by atoms with Crippen molar-refractivity contribution >= 4 is 0 Å². The number of ether oxygens (including phenoxy) is 1. The normalized spacial score (nSPS) is 10.3. The zero-order valence-electron chi connectivity index (χ0n) is 9.75. The molecule has 0 aliphatic carbocycles. The van der Waals surface area contributed by atoms with Crippen LogP contribution in [-0.2, 0) is 12.8 Å². The van der Waals surface area contributed by atoms with Crippen molar-refractivity contribution in [1.29, 1.82) is 0 Å². The van der Waals surface area contributed by atoms with Crippen molar-refractivity contribution in [3.63, 3.8) is 0 Å². The van der Waals surface area contributed by atoms with Gasteiger partial charge in [0.25, 0.3) is 0 Å². The highest BCUT2D eigenvalue weighted by Crippen LogP contribution is 2.22. The molecule has 1 rings (SSSR count). The van der Waals surface area contributed by atoms with Gasteiger partial charge < -0.3 is 10.5 Å². The second-order valence-electron chi connectivity index (χ2n) is 3.66. The predicted molar refractivity (Wildman–Crippen MR) is 64.4 cm³/mol. The van der Waals surface area contributed by atoms with E-state index in [1.54, 1.807) is 0 Å². The zero-order valence-corrected chi connectivity index (χ0v) is 9.75. The van der Waals surface area contributed by atoms with Crippen LogP contribution in [0.4, 0.5) is 0 Å². The van der Waals surface area contributed by atoms with Gasteiger partial charge in [-0.3, -0.25) is 0 Å². The number of rotatable bonds is 6. The number of hydrogen-bond acceptors (Lipinski definition) is 2. The Balaban J connectivity index is 2.87. The molecule has 0 aliphatic heterocycles. The highest BCUT2D eigenvalue weighted by Gasteiger charge is 2.03. The molecule has 2 heteroatoms. The monoisotopic (exact) mass is 207 g/mol. The lowest BCUT2D eigenvalue weighted by Gasteiger charge is -2.11. The van der Waals surface area contributed by atoms with Crippen molar-refractivity contribution in [1.82, 2.24) is 0 Å². The van der Waals surface area contributed by atoms with E-state index in [0.717, 1.165) is 31.6 Å². The minimum absolute atomic E-state index is 0.708. The maximum Gasteiger partial charge on any atom is 0.122 e. The topological polar surface area (TPSA) is 35.2 Å². The summed E-state index contributed by atoms with van der Waals surface area (Å²) >= 11 is 0. The van der Waals surface area contributed by atoms with Crippen LogP contribution < -0.4 is 10.5 Å². The lowest BCUT2D eigenvalue weighted by Crippen LogP contribution is -2.04. The Morgan fingerprint density at radius 2 is 2.00 bits per heavy atom. The van der Waals surface area contributed by atoms with Gasteiger partial charge >= 0.3 is 0 Å². The minimum atomic E-state index is 0.708. The summed E-state index contributed by atoms with van der Waals surface area (Å²) in [4.78, 5) is 0. The molecule has 0 radical (unpaired) electrons. The molecule has 0 fully saturated rings. The van der Waals surface area contributed by atoms with Gasteiger partial charge in [-0.25, -0.2) is 0 Å². The molecule has 0 heterocycles. The van der Waals surface area contributed by atoms with E-state index < -0.39 is 0 Å². The molecule has 15 heavy (non-hydrogen) atoms. The first kappa shape index (κ1) is 12.1. The molecule has 0 unspecified atom stereocenters. The standard InChI is InChI=1S/C13H21NO/c1-3-5-12-10-11(8-9-14)6-7-13(12)15-4-2/h6-7,10H,3-5,8-9,14H2,1-2H3. The third-order valence-corrected chi connectivity index (χ3v) is 2.38. The van der Waals surface area contributed by atoms with Crippen LogP contribution in [0.15, 0.2) is 18.2 Å². The van der Waals surface area contributed by atoms with Crippen LogP contribution in [0.2, 0.25) is 0 Å². The van der Waals surface area contributed by atoms with Crippen LogP contribution in [0, 0.1) is 0 Å². The molecule has 0 aromatic heterocycles. The molecule has 0 saturated carbocycles. The SMILES string of the molecule is CCCc1cc(CCN)ccc1OCC. The van der Waals surface area contributed by atoms with Crippen molar-refractivity contribution in [3.8, 4) is 5.75 Å². The van der Waals surface area contributed by atoms with Crippen LogP contribution in [0.5, 0.6) is 5.75 Å². The van der Waals surface area contributed by atoms with Crippen LogP contribution in [-0.4, -0.2) is 13.2 Å². The van der Waals surface area contributed by atoms with Gasteiger partial charge in [0.1, 0.15) is 5.75 Å². The average Bonchev–Trinajstić information content (AvgIpc) is 2.23. The third kappa shape index (κ3) is 3.56. The van der Waals surface area contributed by atoms with E-state index in [9.17, 15) is 0 Å². The van der Waals surface area contributed by atoms with Crippen LogP contribution in [0.25, 0.3) is 0 Å². The Kier molecular flexibility index (Phi) is 5.19. The smallest absolute Gasteiger partial charge is 0.122 e. The van der Waals surface area contributed by atoms with E-state index in [0.29, 0.717) is 6.54 Å². The number of aryl methyl sites for hydroxylation is 1. The van der Waals surface area contributed by atoms with Gasteiger partial charge in [-0.05, 0) is 43.5 Å². The summed E-state index contributed by atoms with van der Waals surface area (Å²) in [7, 11) is 0. The Bertz CT molecular complexity index is 297. The van der Waals surface area contributed by atoms with Gasteiger partial charge in [-0.1, -0.05) is 25.5 Å². The Labute approximate surface area is 92.4 Å². The van der Waals surface area contributed by atoms with E-state index in [2.05, 4.69) is 25.1 Å². The van der Waals surface area contributed by atoms with Gasteiger partial charge in [-0.15, -0.1) is 0 Å². The zero-order chi connectivity index (χ0) is 11.1. The fourth-order valence-electron chi connectivity index (χ4n) is 1.72. The molecule has 0 amide bonds. The van der Waals surface area contributed by atoms with E-state index in [1.807, 2.05) is 6.92 Å². The Morgan fingerprint density at radius 1 is 1.20 bits per heavy atom. The quantitative estimate of drug-likeness (QED) is 0.778. The Hall–Kier alpha value is -1.02. The van der Waals surface area contributed by atoms with E-state index in [1.165, 1.54) is 11.1 Å². The molecule has 0 bridgehead atoms. The second-order valence-corrected chi connectivity index (χ2v) is 3.66. The van der Waals surface area contributed by atoms with E-state index >= 15 is 0 Å². The first-order valence-corrected chi connectivity index (χ1v) is 5.76. The third-order valence-electron chi connectivity index (χ3n) is 2.38. The summed E-state index contributed by atoms with van der Waals surface area (Å²) in [5.74, 6) is 1.03. The van der Waals surface area contributed by atoms with E-state index in [-0.39, 0.29) is 0 Å². The fraction of sp³-hybridized carbons (Fsp3) is 0.538. The molecule has 0 saturated heterocycles. The number of benzene rings is 1. The second kappa shape index (κ2) is 6.46. The maximum absolute atomic E-state index is 5.59. The molecule has 0 aliphatic rings. The molecule has 1 aromatic carbocycles. The predicted octanol–water partition coefficient (Wildman–Crippen LogP) is 2.54. The summed E-state index contributed by atoms with van der Waals surface area (Å²) in [6, 6.07) is 6.40. The van der Waals surface area contributed by atoms with Crippen LogP contribution >= 0.6 is 0 Å². The molecular formula is C13H21NO. The lowest BCUT2D eigenvalue weighted by atomic mass is 10.0. The maximum atomic E-state index is 5.59. The summed E-state index contributed by atoms with van der Waals surface area (Å²) in [5, 5.41) is 0. The van der Waals surface area contributed by atoms with Crippen molar-refractivity contribution in [2.45, 2.75) is 33.1 Å². The highest BCUT2D eigenvalue weighted by molar-refractivity contribution is 5.37. The summed E-state index contributed by atoms with van der Waals surface area (Å²) in [6.07, 6.45) is 3.17. The largest absolute Gasteiger partial charge is 0.494 e. The molecule has 0 spiro atoms. The number of hydrogen-bond donors (Lipinski definition) is 1. The van der Waals surface area contributed by atoms with E-state index in [4.69, 9.17) is 10.5 Å². The van der Waals surface area contributed by atoms with Gasteiger partial charge in [-0.2, -0.15) is 0 Å². The minimum Gasteiger partial charge on any atom is -0.494 e. The van der Waals surface area contributed by atoms with Crippen molar-refractivity contribution in [2.75, 3.05) is 13.2 Å². The van der Waals surface area contributed by atoms with Crippen LogP contribution in [0.1, 0.15) is 31.4 Å². The highest BCUT2D eigenvalue weighted by atomic mass is 16.5. The van der Waals surface area contributed by atoms with Gasteiger partial charge in [0.2, 0.25) is 0 Å². The lowest BCUT2D eigenvalue weighted by molar-refractivity contribution is 0.336. The molecule has 1 aromatic rings. The Morgan fingerprint density at radius 3 is 2.60 bits per heavy atom. The first-order valence-electron chi connectivity index (χ1n) is 5.76. The fourth-order valence-corrected chi connectivity index (χ4v) is 1.72. The van der Waals surface area contributed by atoms with Crippen LogP contribution in [0.3, 0.4) is 0 Å².